The van der Waals surface area contributed by atoms with E-state index in [9.17, 15) is 9.59 Å². The van der Waals surface area contributed by atoms with Gasteiger partial charge in [0.25, 0.3) is 0 Å². The molecule has 0 aliphatic carbocycles. The molecule has 1 aromatic rings. The summed E-state index contributed by atoms with van der Waals surface area (Å²) in [6.45, 7) is 7.27. The fourth-order valence-corrected chi connectivity index (χ4v) is 2.73. The van der Waals surface area contributed by atoms with Crippen LogP contribution in [-0.2, 0) is 14.3 Å². The first kappa shape index (κ1) is 17.5. The lowest BCUT2D eigenvalue weighted by atomic mass is 10.1. The van der Waals surface area contributed by atoms with Crippen LogP contribution in [0.1, 0.15) is 37.3 Å². The Hall–Kier alpha value is -1.88. The van der Waals surface area contributed by atoms with Crippen LogP contribution in [0, 0.1) is 13.8 Å². The van der Waals surface area contributed by atoms with Gasteiger partial charge in [-0.2, -0.15) is 0 Å². The molecule has 0 aromatic heterocycles. The summed E-state index contributed by atoms with van der Waals surface area (Å²) in [5.74, 6) is -0.0858. The predicted octanol–water partition coefficient (Wildman–Crippen LogP) is 2.66. The number of benzene rings is 1. The monoisotopic (exact) mass is 318 g/mol. The number of nitrogens with zero attached hydrogens (tertiary/aromatic N) is 1. The number of carbonyl (C=O) groups excluding carboxylic acids is 2. The number of hydrogen-bond donors (Lipinski definition) is 1. The Labute approximate surface area is 138 Å². The smallest absolute Gasteiger partial charge is 0.226 e. The molecule has 1 N–H and O–H groups in total. The van der Waals surface area contributed by atoms with Gasteiger partial charge in [-0.3, -0.25) is 9.59 Å². The zero-order valence-corrected chi connectivity index (χ0v) is 14.2. The number of hydrogen-bond acceptors (Lipinski definition) is 3. The maximum atomic E-state index is 12.2. The quantitative estimate of drug-likeness (QED) is 0.877. The van der Waals surface area contributed by atoms with Gasteiger partial charge in [0.05, 0.1) is 6.10 Å². The summed E-state index contributed by atoms with van der Waals surface area (Å²) in [5, 5.41) is 2.93. The van der Waals surface area contributed by atoms with Crippen molar-refractivity contribution in [2.75, 3.05) is 25.0 Å². The molecule has 5 heteroatoms. The van der Waals surface area contributed by atoms with Crippen LogP contribution in [0.3, 0.4) is 0 Å². The zero-order chi connectivity index (χ0) is 16.8. The predicted molar refractivity (Wildman–Crippen MR) is 90.4 cm³/mol. The second-order valence-corrected chi connectivity index (χ2v) is 6.22. The molecule has 1 atom stereocenters. The zero-order valence-electron chi connectivity index (χ0n) is 14.2. The minimum Gasteiger partial charge on any atom is -0.376 e. The average Bonchev–Trinajstić information content (AvgIpc) is 3.00. The molecule has 1 aliphatic rings. The maximum absolute atomic E-state index is 12.2. The summed E-state index contributed by atoms with van der Waals surface area (Å²) in [7, 11) is 0. The van der Waals surface area contributed by atoms with Crippen molar-refractivity contribution in [2.45, 2.75) is 46.1 Å². The van der Waals surface area contributed by atoms with Gasteiger partial charge in [0, 0.05) is 38.7 Å². The summed E-state index contributed by atoms with van der Waals surface area (Å²) in [6, 6.07) is 5.97. The molecule has 1 saturated heterocycles. The van der Waals surface area contributed by atoms with Crippen molar-refractivity contribution in [3.05, 3.63) is 29.3 Å². The molecule has 5 nitrogen and oxygen atoms in total. The summed E-state index contributed by atoms with van der Waals surface area (Å²) in [5.41, 5.74) is 2.98. The number of amides is 2. The Morgan fingerprint density at radius 1 is 1.35 bits per heavy atom. The van der Waals surface area contributed by atoms with E-state index >= 15 is 0 Å². The molecule has 0 radical (unpaired) electrons. The molecule has 0 spiro atoms. The van der Waals surface area contributed by atoms with Gasteiger partial charge < -0.3 is 15.0 Å². The Morgan fingerprint density at radius 2 is 2.13 bits per heavy atom. The third-order valence-electron chi connectivity index (χ3n) is 4.17. The summed E-state index contributed by atoms with van der Waals surface area (Å²) >= 11 is 0. The van der Waals surface area contributed by atoms with E-state index in [0.29, 0.717) is 19.5 Å². The minimum absolute atomic E-state index is 0.0139. The molecular formula is C18H26N2O3. The van der Waals surface area contributed by atoms with Crippen LogP contribution >= 0.6 is 0 Å². The van der Waals surface area contributed by atoms with Crippen molar-refractivity contribution in [2.24, 2.45) is 0 Å². The number of ether oxygens (including phenoxy) is 1. The van der Waals surface area contributed by atoms with Gasteiger partial charge >= 0.3 is 0 Å². The molecule has 2 amide bonds. The normalized spacial score (nSPS) is 17.1. The molecular weight excluding hydrogens is 292 g/mol. The molecule has 1 aliphatic heterocycles. The first-order valence-corrected chi connectivity index (χ1v) is 8.20. The van der Waals surface area contributed by atoms with Crippen LogP contribution in [0.5, 0.6) is 0 Å². The largest absolute Gasteiger partial charge is 0.376 e. The minimum atomic E-state index is -0.0720. The van der Waals surface area contributed by atoms with Crippen LogP contribution in [-0.4, -0.2) is 42.5 Å². The summed E-state index contributed by atoms with van der Waals surface area (Å²) < 4.78 is 5.57. The molecule has 0 bridgehead atoms. The first-order valence-electron chi connectivity index (χ1n) is 8.20. The molecule has 23 heavy (non-hydrogen) atoms. The van der Waals surface area contributed by atoms with E-state index in [1.807, 2.05) is 32.0 Å². The fourth-order valence-electron chi connectivity index (χ4n) is 2.73. The number of rotatable bonds is 6. The van der Waals surface area contributed by atoms with Crippen LogP contribution in [0.15, 0.2) is 18.2 Å². The highest BCUT2D eigenvalue weighted by molar-refractivity contribution is 5.92. The van der Waals surface area contributed by atoms with Gasteiger partial charge in [0.1, 0.15) is 0 Å². The summed E-state index contributed by atoms with van der Waals surface area (Å²) in [6.07, 6.45) is 2.43. The number of nitrogens with one attached hydrogen (secondary N) is 1. The van der Waals surface area contributed by atoms with Gasteiger partial charge in [-0.1, -0.05) is 12.1 Å². The molecule has 1 fully saturated rings. The second kappa shape index (κ2) is 8.11. The van der Waals surface area contributed by atoms with Crippen molar-refractivity contribution >= 4 is 17.5 Å². The van der Waals surface area contributed by atoms with E-state index in [4.69, 9.17) is 4.74 Å². The molecule has 1 heterocycles. The van der Waals surface area contributed by atoms with Gasteiger partial charge in [-0.15, -0.1) is 0 Å². The fraction of sp³-hybridized carbons (Fsp3) is 0.556. The third kappa shape index (κ3) is 5.36. The highest BCUT2D eigenvalue weighted by atomic mass is 16.5. The van der Waals surface area contributed by atoms with Crippen molar-refractivity contribution < 1.29 is 14.3 Å². The van der Waals surface area contributed by atoms with Crippen molar-refractivity contribution in [3.63, 3.8) is 0 Å². The van der Waals surface area contributed by atoms with Crippen molar-refractivity contribution in [3.8, 4) is 0 Å². The van der Waals surface area contributed by atoms with E-state index in [1.54, 1.807) is 4.90 Å². The van der Waals surface area contributed by atoms with E-state index < -0.39 is 0 Å². The van der Waals surface area contributed by atoms with Crippen LogP contribution in [0.25, 0.3) is 0 Å². The molecule has 1 aromatic carbocycles. The lowest BCUT2D eigenvalue weighted by Gasteiger charge is -2.24. The van der Waals surface area contributed by atoms with Crippen LogP contribution in [0.4, 0.5) is 5.69 Å². The van der Waals surface area contributed by atoms with Crippen molar-refractivity contribution in [1.29, 1.82) is 0 Å². The Kier molecular flexibility index (Phi) is 6.16. The maximum Gasteiger partial charge on any atom is 0.226 e. The highest BCUT2D eigenvalue weighted by Gasteiger charge is 2.21. The van der Waals surface area contributed by atoms with E-state index in [-0.39, 0.29) is 17.9 Å². The molecule has 0 saturated carbocycles. The highest BCUT2D eigenvalue weighted by Crippen LogP contribution is 2.17. The molecule has 1 unspecified atom stereocenters. The van der Waals surface area contributed by atoms with E-state index in [1.165, 1.54) is 6.92 Å². The number of carbonyl (C=O) groups is 2. The Bertz CT molecular complexity index is 565. The molecule has 126 valence electrons. The van der Waals surface area contributed by atoms with Crippen LogP contribution < -0.4 is 5.32 Å². The SMILES string of the molecule is CC(=O)N(CCC(=O)Nc1cc(C)ccc1C)CC1CCCO1. The van der Waals surface area contributed by atoms with Crippen LogP contribution in [0.2, 0.25) is 0 Å². The summed E-state index contributed by atoms with van der Waals surface area (Å²) in [4.78, 5) is 25.6. The lowest BCUT2D eigenvalue weighted by Crippen LogP contribution is -2.37. The number of anilines is 1. The topological polar surface area (TPSA) is 58.6 Å². The second-order valence-electron chi connectivity index (χ2n) is 6.22. The first-order chi connectivity index (χ1) is 11.0. The average molecular weight is 318 g/mol. The standard InChI is InChI=1S/C18H26N2O3/c1-13-6-7-14(2)17(11-13)19-18(22)8-9-20(15(3)21)12-16-5-4-10-23-16/h6-7,11,16H,4-5,8-10,12H2,1-3H3,(H,19,22). The third-order valence-corrected chi connectivity index (χ3v) is 4.17. The van der Waals surface area contributed by atoms with Crippen molar-refractivity contribution in [1.82, 2.24) is 4.90 Å². The lowest BCUT2D eigenvalue weighted by molar-refractivity contribution is -0.130. The van der Waals surface area contributed by atoms with E-state index in [0.717, 1.165) is 36.3 Å². The Balaban J connectivity index is 1.85. The van der Waals surface area contributed by atoms with E-state index in [2.05, 4.69) is 5.32 Å². The van der Waals surface area contributed by atoms with Gasteiger partial charge in [0.15, 0.2) is 0 Å². The van der Waals surface area contributed by atoms with Gasteiger partial charge in [0.2, 0.25) is 11.8 Å². The van der Waals surface area contributed by atoms with Gasteiger partial charge in [-0.25, -0.2) is 0 Å². The Morgan fingerprint density at radius 3 is 2.78 bits per heavy atom. The molecule has 2 rings (SSSR count). The number of aryl methyl sites for hydroxylation is 2. The van der Waals surface area contributed by atoms with Gasteiger partial charge in [-0.05, 0) is 43.9 Å².